The van der Waals surface area contributed by atoms with Crippen molar-refractivity contribution in [3.8, 4) is 0 Å². The normalized spacial score (nSPS) is 10.8. The van der Waals surface area contributed by atoms with E-state index in [4.69, 9.17) is 21.1 Å². The van der Waals surface area contributed by atoms with E-state index in [1.807, 2.05) is 24.3 Å². The van der Waals surface area contributed by atoms with E-state index >= 15 is 0 Å². The summed E-state index contributed by atoms with van der Waals surface area (Å²) < 4.78 is 10.5. The van der Waals surface area contributed by atoms with Crippen LogP contribution in [0, 0.1) is 0 Å². The van der Waals surface area contributed by atoms with Gasteiger partial charge in [-0.2, -0.15) is 0 Å². The molecule has 0 unspecified atom stereocenters. The first-order valence-electron chi connectivity index (χ1n) is 12.2. The molecule has 0 aliphatic rings. The predicted octanol–water partition coefficient (Wildman–Crippen LogP) is 7.45. The Bertz CT molecular complexity index is 603. The summed E-state index contributed by atoms with van der Waals surface area (Å²) in [6.07, 6.45) is 15.5. The second-order valence-corrected chi connectivity index (χ2v) is 8.58. The zero-order valence-electron chi connectivity index (χ0n) is 19.3. The van der Waals surface area contributed by atoms with Crippen molar-refractivity contribution in [3.05, 3.63) is 34.9 Å². The Morgan fingerprint density at radius 3 is 1.81 bits per heavy atom. The van der Waals surface area contributed by atoms with Crippen LogP contribution in [0.4, 0.5) is 0 Å². The quantitative estimate of drug-likeness (QED) is 0.161. The molecule has 1 aromatic carbocycles. The van der Waals surface area contributed by atoms with E-state index in [1.165, 1.54) is 57.8 Å². The summed E-state index contributed by atoms with van der Waals surface area (Å²) in [4.78, 5) is 23.5. The van der Waals surface area contributed by atoms with Gasteiger partial charge in [-0.1, -0.05) is 101 Å². The maximum absolute atomic E-state index is 11.8. The Kier molecular flexibility index (Phi) is 17.0. The molecule has 0 saturated carbocycles. The third-order valence-electron chi connectivity index (χ3n) is 5.37. The molecule has 0 aliphatic heterocycles. The minimum Gasteiger partial charge on any atom is -0.466 e. The molecule has 1 rings (SSSR count). The lowest BCUT2D eigenvalue weighted by Gasteiger charge is -2.07. The topological polar surface area (TPSA) is 52.6 Å². The molecule has 0 saturated heterocycles. The van der Waals surface area contributed by atoms with Crippen LogP contribution in [0.3, 0.4) is 0 Å². The molecule has 1 aromatic rings. The highest BCUT2D eigenvalue weighted by Crippen LogP contribution is 2.15. The predicted molar refractivity (Wildman–Crippen MR) is 127 cm³/mol. The monoisotopic (exact) mass is 452 g/mol. The lowest BCUT2D eigenvalue weighted by Crippen LogP contribution is -2.10. The molecule has 31 heavy (non-hydrogen) atoms. The van der Waals surface area contributed by atoms with Crippen LogP contribution in [0.2, 0.25) is 5.02 Å². The fourth-order valence-electron chi connectivity index (χ4n) is 3.45. The summed E-state index contributed by atoms with van der Waals surface area (Å²) in [5.74, 6) is -0.513. The smallest absolute Gasteiger partial charge is 0.305 e. The first-order chi connectivity index (χ1) is 15.1. The second kappa shape index (κ2) is 19.2. The average molecular weight is 453 g/mol. The zero-order chi connectivity index (χ0) is 22.6. The van der Waals surface area contributed by atoms with Gasteiger partial charge in [0.1, 0.15) is 0 Å². The Labute approximate surface area is 194 Å². The summed E-state index contributed by atoms with van der Waals surface area (Å²) in [5.41, 5.74) is 0.961. The third kappa shape index (κ3) is 15.8. The first-order valence-corrected chi connectivity index (χ1v) is 12.6. The molecule has 0 aliphatic carbocycles. The number of carbonyl (C=O) groups excluding carboxylic acids is 2. The van der Waals surface area contributed by atoms with Crippen LogP contribution in [-0.4, -0.2) is 25.2 Å². The molecule has 0 heterocycles. The van der Waals surface area contributed by atoms with Crippen molar-refractivity contribution in [2.45, 2.75) is 103 Å². The number of carbonyl (C=O) groups is 2. The van der Waals surface area contributed by atoms with E-state index in [9.17, 15) is 9.59 Å². The van der Waals surface area contributed by atoms with Gasteiger partial charge in [0.15, 0.2) is 0 Å². The number of unbranched alkanes of at least 4 members (excludes halogenated alkanes) is 10. The Balaban J connectivity index is 1.88. The molecule has 0 amide bonds. The lowest BCUT2D eigenvalue weighted by molar-refractivity contribution is -0.145. The van der Waals surface area contributed by atoms with Crippen LogP contribution in [0.15, 0.2) is 24.3 Å². The van der Waals surface area contributed by atoms with Gasteiger partial charge in [0.05, 0.1) is 13.2 Å². The fourth-order valence-corrected chi connectivity index (χ4v) is 3.68. The van der Waals surface area contributed by atoms with Gasteiger partial charge in [-0.25, -0.2) is 0 Å². The number of rotatable bonds is 19. The molecular weight excluding hydrogens is 412 g/mol. The highest BCUT2D eigenvalue weighted by Gasteiger charge is 2.08. The molecule has 0 atom stereocenters. The molecular formula is C26H41ClO4. The molecule has 0 spiro atoms. The lowest BCUT2D eigenvalue weighted by atomic mass is 10.1. The molecule has 4 nitrogen and oxygen atoms in total. The Hall–Kier alpha value is -1.55. The summed E-state index contributed by atoms with van der Waals surface area (Å²) in [6.45, 7) is 3.03. The van der Waals surface area contributed by atoms with Crippen molar-refractivity contribution in [1.29, 1.82) is 0 Å². The highest BCUT2D eigenvalue weighted by molar-refractivity contribution is 6.31. The molecule has 0 bridgehead atoms. The van der Waals surface area contributed by atoms with E-state index in [0.29, 0.717) is 31.1 Å². The van der Waals surface area contributed by atoms with E-state index in [-0.39, 0.29) is 24.8 Å². The van der Waals surface area contributed by atoms with Gasteiger partial charge in [0.25, 0.3) is 0 Å². The van der Waals surface area contributed by atoms with Gasteiger partial charge in [0, 0.05) is 24.3 Å². The molecule has 176 valence electrons. The van der Waals surface area contributed by atoms with Gasteiger partial charge in [-0.15, -0.1) is 0 Å². The minimum absolute atomic E-state index is 0.226. The number of ether oxygens (including phenoxy) is 2. The number of hydrogen-bond acceptors (Lipinski definition) is 4. The van der Waals surface area contributed by atoms with Crippen molar-refractivity contribution in [2.75, 3.05) is 13.2 Å². The van der Waals surface area contributed by atoms with E-state index in [1.54, 1.807) is 0 Å². The molecule has 5 heteroatoms. The molecule has 0 aromatic heterocycles. The standard InChI is InChI=1S/C26H41ClO4/c1-2-3-4-5-6-7-8-9-10-11-14-21-30-25(28)18-15-19-26(29)31-22-20-23-16-12-13-17-24(23)27/h12-13,16-17H,2-11,14-15,18-22H2,1H3. The molecule has 0 N–H and O–H groups in total. The van der Waals surface area contributed by atoms with Gasteiger partial charge < -0.3 is 9.47 Å². The highest BCUT2D eigenvalue weighted by atomic mass is 35.5. The number of halogens is 1. The van der Waals surface area contributed by atoms with Gasteiger partial charge >= 0.3 is 11.9 Å². The fraction of sp³-hybridized carbons (Fsp3) is 0.692. The summed E-state index contributed by atoms with van der Waals surface area (Å²) >= 11 is 6.08. The van der Waals surface area contributed by atoms with E-state index in [0.717, 1.165) is 18.4 Å². The van der Waals surface area contributed by atoms with Gasteiger partial charge in [-0.05, 0) is 24.5 Å². The average Bonchev–Trinajstić information content (AvgIpc) is 2.76. The SMILES string of the molecule is CCCCCCCCCCCCCOC(=O)CCCC(=O)OCCc1ccccc1Cl. The van der Waals surface area contributed by atoms with Crippen molar-refractivity contribution in [1.82, 2.24) is 0 Å². The van der Waals surface area contributed by atoms with E-state index < -0.39 is 0 Å². The minimum atomic E-state index is -0.287. The third-order valence-corrected chi connectivity index (χ3v) is 5.73. The molecule has 0 radical (unpaired) electrons. The van der Waals surface area contributed by atoms with Crippen LogP contribution in [0.5, 0.6) is 0 Å². The van der Waals surface area contributed by atoms with Crippen LogP contribution in [0.25, 0.3) is 0 Å². The van der Waals surface area contributed by atoms with Crippen LogP contribution < -0.4 is 0 Å². The van der Waals surface area contributed by atoms with Gasteiger partial charge in [-0.3, -0.25) is 9.59 Å². The van der Waals surface area contributed by atoms with Crippen molar-refractivity contribution in [2.24, 2.45) is 0 Å². The van der Waals surface area contributed by atoms with Gasteiger partial charge in [0.2, 0.25) is 0 Å². The maximum Gasteiger partial charge on any atom is 0.305 e. The van der Waals surface area contributed by atoms with Crippen LogP contribution in [0.1, 0.15) is 102 Å². The summed E-state index contributed by atoms with van der Waals surface area (Å²) in [7, 11) is 0. The molecule has 0 fully saturated rings. The van der Waals surface area contributed by atoms with E-state index in [2.05, 4.69) is 6.92 Å². The summed E-state index contributed by atoms with van der Waals surface area (Å²) in [5, 5.41) is 0.680. The zero-order valence-corrected chi connectivity index (χ0v) is 20.1. The largest absolute Gasteiger partial charge is 0.466 e. The number of hydrogen-bond donors (Lipinski definition) is 0. The van der Waals surface area contributed by atoms with Crippen molar-refractivity contribution >= 4 is 23.5 Å². The number of esters is 2. The second-order valence-electron chi connectivity index (χ2n) is 8.17. The van der Waals surface area contributed by atoms with Crippen molar-refractivity contribution in [3.63, 3.8) is 0 Å². The Morgan fingerprint density at radius 1 is 0.710 bits per heavy atom. The number of benzene rings is 1. The van der Waals surface area contributed by atoms with Crippen molar-refractivity contribution < 1.29 is 19.1 Å². The maximum atomic E-state index is 11.8. The van der Waals surface area contributed by atoms with Crippen LogP contribution >= 0.6 is 11.6 Å². The van der Waals surface area contributed by atoms with Crippen LogP contribution in [-0.2, 0) is 25.5 Å². The summed E-state index contributed by atoms with van der Waals surface area (Å²) in [6, 6.07) is 7.52. The Morgan fingerprint density at radius 2 is 1.23 bits per heavy atom. The first kappa shape index (κ1) is 27.5.